The minimum Gasteiger partial charge on any atom is -0.480 e. The molecule has 64 valence electrons. The van der Waals surface area contributed by atoms with Gasteiger partial charge in [-0.05, 0) is 6.92 Å². The van der Waals surface area contributed by atoms with Gasteiger partial charge in [0.15, 0.2) is 0 Å². The highest BCUT2D eigenvalue weighted by Crippen LogP contribution is 1.97. The van der Waals surface area contributed by atoms with Crippen LogP contribution < -0.4 is 5.73 Å². The molecule has 11 heavy (non-hydrogen) atoms. The summed E-state index contributed by atoms with van der Waals surface area (Å²) in [7, 11) is 0. The van der Waals surface area contributed by atoms with E-state index in [1.165, 1.54) is 6.92 Å². The van der Waals surface area contributed by atoms with Gasteiger partial charge in [0.25, 0.3) is 0 Å². The second-order valence-corrected chi connectivity index (χ2v) is 2.34. The fourth-order valence-electron chi connectivity index (χ4n) is 0.586. The predicted octanol–water partition coefficient (Wildman–Crippen LogP) is -1.26. The first-order chi connectivity index (χ1) is 4.95. The van der Waals surface area contributed by atoms with E-state index in [0.29, 0.717) is 0 Å². The lowest BCUT2D eigenvalue weighted by atomic mass is 10.1. The third-order valence-electron chi connectivity index (χ3n) is 1.20. The van der Waals surface area contributed by atoms with Crippen LogP contribution in [0, 0.1) is 0 Å². The molecule has 4 N–H and O–H groups in total. The number of carbonyl (C=O) groups is 2. The molecule has 0 aliphatic heterocycles. The summed E-state index contributed by atoms with van der Waals surface area (Å²) in [5.74, 6) is -1.59. The van der Waals surface area contributed by atoms with Gasteiger partial charge in [0.2, 0.25) is 0 Å². The number of hydrogen-bond acceptors (Lipinski definition) is 4. The summed E-state index contributed by atoms with van der Waals surface area (Å²) in [6.45, 7) is 1.26. The fraction of sp³-hybridized carbons (Fsp3) is 0.667. The van der Waals surface area contributed by atoms with Gasteiger partial charge in [-0.1, -0.05) is 0 Å². The van der Waals surface area contributed by atoms with E-state index in [9.17, 15) is 9.59 Å². The summed E-state index contributed by atoms with van der Waals surface area (Å²) in [4.78, 5) is 20.5. The highest BCUT2D eigenvalue weighted by Gasteiger charge is 2.22. The summed E-state index contributed by atoms with van der Waals surface area (Å²) in [6.07, 6.45) is -1.50. The molecule has 0 unspecified atom stereocenters. The number of rotatable bonds is 4. The lowest BCUT2D eigenvalue weighted by molar-refractivity contribution is -0.141. The van der Waals surface area contributed by atoms with Crippen LogP contribution in [0.25, 0.3) is 0 Å². The van der Waals surface area contributed by atoms with Crippen LogP contribution in [-0.2, 0) is 9.59 Å². The summed E-state index contributed by atoms with van der Waals surface area (Å²) in [5.41, 5.74) is 5.01. The number of ketones is 1. The number of carbonyl (C=O) groups excluding carboxylic acids is 1. The smallest absolute Gasteiger partial charge is 0.323 e. The van der Waals surface area contributed by atoms with Crippen molar-refractivity contribution in [3.8, 4) is 0 Å². The van der Waals surface area contributed by atoms with Gasteiger partial charge >= 0.3 is 5.97 Å². The van der Waals surface area contributed by atoms with Gasteiger partial charge < -0.3 is 15.9 Å². The highest BCUT2D eigenvalue weighted by atomic mass is 16.4. The van der Waals surface area contributed by atoms with Crippen molar-refractivity contribution in [1.29, 1.82) is 0 Å². The van der Waals surface area contributed by atoms with Gasteiger partial charge in [-0.2, -0.15) is 0 Å². The van der Waals surface area contributed by atoms with Crippen molar-refractivity contribution in [3.63, 3.8) is 0 Å². The maximum atomic E-state index is 10.4. The van der Waals surface area contributed by atoms with Crippen LogP contribution in [0.2, 0.25) is 0 Å². The van der Waals surface area contributed by atoms with Crippen LogP contribution in [0.15, 0.2) is 0 Å². The van der Waals surface area contributed by atoms with E-state index in [0.717, 1.165) is 0 Å². The Morgan fingerprint density at radius 2 is 2.00 bits per heavy atom. The zero-order valence-electron chi connectivity index (χ0n) is 6.15. The molecule has 0 aromatic carbocycles. The minimum atomic E-state index is -1.38. The second-order valence-electron chi connectivity index (χ2n) is 2.34. The first-order valence-corrected chi connectivity index (χ1v) is 3.11. The minimum absolute atomic E-state index is 0.215. The summed E-state index contributed by atoms with van der Waals surface area (Å²) in [5, 5.41) is 17.2. The number of carboxylic acids is 1. The lowest BCUT2D eigenvalue weighted by Crippen LogP contribution is -2.42. The molecule has 0 spiro atoms. The molecule has 2 atom stereocenters. The van der Waals surface area contributed by atoms with Crippen LogP contribution >= 0.6 is 0 Å². The fourth-order valence-corrected chi connectivity index (χ4v) is 0.586. The van der Waals surface area contributed by atoms with E-state index >= 15 is 0 Å². The SMILES string of the molecule is CC(=O)C[C@H](O)[C@@H](N)C(=O)O. The Kier molecular flexibility index (Phi) is 3.70. The molecule has 0 bridgehead atoms. The number of Topliss-reactive ketones (excluding diaryl/α,β-unsaturated/α-hetero) is 1. The molecule has 0 fully saturated rings. The maximum absolute atomic E-state index is 10.4. The number of nitrogens with two attached hydrogens (primary N) is 1. The molecule has 0 rings (SSSR count). The normalized spacial score (nSPS) is 15.5. The van der Waals surface area contributed by atoms with Gasteiger partial charge in [-0.3, -0.25) is 9.59 Å². The Morgan fingerprint density at radius 1 is 1.55 bits per heavy atom. The Bertz CT molecular complexity index is 168. The third kappa shape index (κ3) is 3.69. The van der Waals surface area contributed by atoms with Crippen LogP contribution in [0.5, 0.6) is 0 Å². The van der Waals surface area contributed by atoms with Crippen molar-refractivity contribution in [3.05, 3.63) is 0 Å². The zero-order valence-corrected chi connectivity index (χ0v) is 6.15. The number of hydrogen-bond donors (Lipinski definition) is 3. The predicted molar refractivity (Wildman–Crippen MR) is 36.9 cm³/mol. The monoisotopic (exact) mass is 161 g/mol. The van der Waals surface area contributed by atoms with E-state index in [-0.39, 0.29) is 12.2 Å². The molecule has 0 amide bonds. The van der Waals surface area contributed by atoms with Gasteiger partial charge in [-0.15, -0.1) is 0 Å². The number of aliphatic hydroxyl groups is 1. The molecule has 0 aliphatic rings. The van der Waals surface area contributed by atoms with Crippen molar-refractivity contribution in [1.82, 2.24) is 0 Å². The van der Waals surface area contributed by atoms with Crippen molar-refractivity contribution in [2.45, 2.75) is 25.5 Å². The molecular formula is C6H11NO4. The Labute approximate surface area is 63.8 Å². The summed E-state index contributed by atoms with van der Waals surface area (Å²) < 4.78 is 0. The number of carboxylic acid groups (broad SMARTS) is 1. The number of aliphatic carboxylic acids is 1. The Morgan fingerprint density at radius 3 is 2.27 bits per heavy atom. The largest absolute Gasteiger partial charge is 0.480 e. The molecule has 0 saturated heterocycles. The topological polar surface area (TPSA) is 101 Å². The van der Waals surface area contributed by atoms with Gasteiger partial charge in [0, 0.05) is 6.42 Å². The molecule has 0 aromatic heterocycles. The van der Waals surface area contributed by atoms with Crippen LogP contribution in [0.3, 0.4) is 0 Å². The average Bonchev–Trinajstić information content (AvgIpc) is 1.84. The van der Waals surface area contributed by atoms with Crippen molar-refractivity contribution < 1.29 is 19.8 Å². The molecule has 0 saturated carbocycles. The molecule has 0 heterocycles. The molecule has 0 aliphatic carbocycles. The Hall–Kier alpha value is -0.940. The van der Waals surface area contributed by atoms with Crippen molar-refractivity contribution in [2.75, 3.05) is 0 Å². The van der Waals surface area contributed by atoms with Crippen LogP contribution in [0.1, 0.15) is 13.3 Å². The van der Waals surface area contributed by atoms with E-state index in [1.54, 1.807) is 0 Å². The quantitative estimate of drug-likeness (QED) is 0.477. The average molecular weight is 161 g/mol. The first kappa shape index (κ1) is 10.1. The van der Waals surface area contributed by atoms with E-state index in [2.05, 4.69) is 0 Å². The Balaban J connectivity index is 3.92. The van der Waals surface area contributed by atoms with Crippen molar-refractivity contribution in [2.24, 2.45) is 5.73 Å². The molecule has 5 nitrogen and oxygen atoms in total. The van der Waals surface area contributed by atoms with Gasteiger partial charge in [0.1, 0.15) is 11.8 Å². The van der Waals surface area contributed by atoms with E-state index in [4.69, 9.17) is 15.9 Å². The van der Waals surface area contributed by atoms with E-state index in [1.807, 2.05) is 0 Å². The lowest BCUT2D eigenvalue weighted by Gasteiger charge is -2.12. The third-order valence-corrected chi connectivity index (χ3v) is 1.20. The number of aliphatic hydroxyl groups excluding tert-OH is 1. The summed E-state index contributed by atoms with van der Waals surface area (Å²) in [6, 6.07) is -1.38. The first-order valence-electron chi connectivity index (χ1n) is 3.11. The maximum Gasteiger partial charge on any atom is 0.323 e. The van der Waals surface area contributed by atoms with Crippen LogP contribution in [0.4, 0.5) is 0 Å². The van der Waals surface area contributed by atoms with Crippen molar-refractivity contribution >= 4 is 11.8 Å². The molecular weight excluding hydrogens is 150 g/mol. The second kappa shape index (κ2) is 4.05. The zero-order chi connectivity index (χ0) is 9.02. The van der Waals surface area contributed by atoms with Gasteiger partial charge in [0.05, 0.1) is 6.10 Å². The standard InChI is InChI=1S/C6H11NO4/c1-3(8)2-4(9)5(7)6(10)11/h4-5,9H,2,7H2,1H3,(H,10,11)/t4-,5+/m0/s1. The molecule has 5 heteroatoms. The van der Waals surface area contributed by atoms with Gasteiger partial charge in [-0.25, -0.2) is 0 Å². The molecule has 0 radical (unpaired) electrons. The highest BCUT2D eigenvalue weighted by molar-refractivity contribution is 5.79. The van der Waals surface area contributed by atoms with E-state index < -0.39 is 18.1 Å². The van der Waals surface area contributed by atoms with Crippen LogP contribution in [-0.4, -0.2) is 34.1 Å². The molecule has 0 aromatic rings. The summed E-state index contributed by atoms with van der Waals surface area (Å²) >= 11 is 0.